The van der Waals surface area contributed by atoms with Crippen LogP contribution in [0.5, 0.6) is 0 Å². The molecule has 23 heavy (non-hydrogen) atoms. The predicted molar refractivity (Wildman–Crippen MR) is 75.9 cm³/mol. The minimum absolute atomic E-state index is 0.253. The van der Waals surface area contributed by atoms with Crippen LogP contribution in [-0.2, 0) is 13.8 Å². The lowest BCUT2D eigenvalue weighted by Crippen LogP contribution is -2.33. The Kier molecular flexibility index (Phi) is 4.10. The molecule has 0 unspecified atom stereocenters. The molecule has 1 saturated heterocycles. The summed E-state index contributed by atoms with van der Waals surface area (Å²) in [5.41, 5.74) is 6.12. The van der Waals surface area contributed by atoms with Crippen molar-refractivity contribution < 1.29 is 33.8 Å². The molecule has 3 heterocycles. The summed E-state index contributed by atoms with van der Waals surface area (Å²) < 4.78 is 22.0. The third kappa shape index (κ3) is 3.08. The first-order valence-corrected chi connectivity index (χ1v) is 8.09. The number of nitrogens with two attached hydrogens (primary N) is 1. The highest BCUT2D eigenvalue weighted by Gasteiger charge is 2.44. The summed E-state index contributed by atoms with van der Waals surface area (Å²) in [5, 5.41) is 20.7. The number of hydrogen-bond acceptors (Lipinski definition) is 8. The summed E-state index contributed by atoms with van der Waals surface area (Å²) in [4.78, 5) is 25.3. The number of rotatable bonds is 4. The number of phosphoric ester groups is 1. The van der Waals surface area contributed by atoms with Crippen molar-refractivity contribution in [3.8, 4) is 0 Å². The number of hydrogen-bond donors (Lipinski definition) is 5. The van der Waals surface area contributed by atoms with Crippen molar-refractivity contribution in [3.63, 3.8) is 0 Å². The lowest BCUT2D eigenvalue weighted by Gasteiger charge is -2.17. The van der Waals surface area contributed by atoms with E-state index < -0.39 is 39.0 Å². The molecule has 0 radical (unpaired) electrons. The SMILES string of the molecule is Nc1ncnc2c1ccn2[C@@H]1O[C@H](COP(=O)(O)O)[C@@H](O)[C@@H]1O. The maximum Gasteiger partial charge on any atom is 0.469 e. The van der Waals surface area contributed by atoms with Gasteiger partial charge in [-0.25, -0.2) is 14.5 Å². The molecule has 12 heteroatoms. The van der Waals surface area contributed by atoms with Crippen LogP contribution in [0.25, 0.3) is 11.0 Å². The molecule has 4 atom stereocenters. The molecule has 0 saturated carbocycles. The molecule has 2 aromatic heterocycles. The van der Waals surface area contributed by atoms with E-state index >= 15 is 0 Å². The zero-order chi connectivity index (χ0) is 16.8. The minimum Gasteiger partial charge on any atom is -0.387 e. The van der Waals surface area contributed by atoms with Gasteiger partial charge in [0.1, 0.15) is 36.1 Å². The summed E-state index contributed by atoms with van der Waals surface area (Å²) >= 11 is 0. The van der Waals surface area contributed by atoms with Gasteiger partial charge in [-0.05, 0) is 6.07 Å². The van der Waals surface area contributed by atoms with Crippen molar-refractivity contribution in [2.24, 2.45) is 0 Å². The monoisotopic (exact) mass is 346 g/mol. The van der Waals surface area contributed by atoms with Crippen molar-refractivity contribution in [1.29, 1.82) is 0 Å². The Hall–Kier alpha value is -1.59. The lowest BCUT2D eigenvalue weighted by molar-refractivity contribution is -0.0501. The molecule has 0 bridgehead atoms. The maximum atomic E-state index is 10.7. The smallest absolute Gasteiger partial charge is 0.387 e. The van der Waals surface area contributed by atoms with Crippen LogP contribution in [-0.4, -0.2) is 59.5 Å². The molecule has 126 valence electrons. The zero-order valence-electron chi connectivity index (χ0n) is 11.6. The average molecular weight is 346 g/mol. The number of aliphatic hydroxyl groups excluding tert-OH is 2. The van der Waals surface area contributed by atoms with E-state index in [2.05, 4.69) is 14.5 Å². The minimum atomic E-state index is -4.71. The van der Waals surface area contributed by atoms with Gasteiger partial charge < -0.3 is 35.0 Å². The van der Waals surface area contributed by atoms with Crippen molar-refractivity contribution in [3.05, 3.63) is 18.6 Å². The first kappa shape index (κ1) is 16.3. The third-order valence-electron chi connectivity index (χ3n) is 3.56. The number of ether oxygens (including phenoxy) is 1. The van der Waals surface area contributed by atoms with E-state index in [1.807, 2.05) is 0 Å². The van der Waals surface area contributed by atoms with Crippen LogP contribution in [0.3, 0.4) is 0 Å². The number of phosphoric acid groups is 1. The van der Waals surface area contributed by atoms with E-state index in [4.69, 9.17) is 20.3 Å². The summed E-state index contributed by atoms with van der Waals surface area (Å²) in [5.74, 6) is 0.253. The summed E-state index contributed by atoms with van der Waals surface area (Å²) in [6.45, 7) is -0.574. The van der Waals surface area contributed by atoms with Crippen LogP contribution >= 0.6 is 7.82 Å². The molecule has 0 amide bonds. The molecular formula is C11H15N4O7P. The maximum absolute atomic E-state index is 10.7. The second-order valence-corrected chi connectivity index (χ2v) is 6.29. The number of fused-ring (bicyclic) bond motifs is 1. The van der Waals surface area contributed by atoms with Crippen molar-refractivity contribution in [2.45, 2.75) is 24.5 Å². The van der Waals surface area contributed by atoms with Gasteiger partial charge in [-0.3, -0.25) is 4.52 Å². The van der Waals surface area contributed by atoms with Crippen molar-refractivity contribution in [2.75, 3.05) is 12.3 Å². The zero-order valence-corrected chi connectivity index (χ0v) is 12.5. The number of aromatic nitrogens is 3. The highest BCUT2D eigenvalue weighted by atomic mass is 31.2. The van der Waals surface area contributed by atoms with Crippen LogP contribution in [0.4, 0.5) is 5.82 Å². The molecule has 0 aliphatic carbocycles. The van der Waals surface area contributed by atoms with Gasteiger partial charge in [0.05, 0.1) is 12.0 Å². The molecule has 0 aromatic carbocycles. The fourth-order valence-electron chi connectivity index (χ4n) is 2.46. The van der Waals surface area contributed by atoms with E-state index in [0.29, 0.717) is 11.0 Å². The second kappa shape index (κ2) is 5.80. The molecule has 1 fully saturated rings. The Morgan fingerprint density at radius 2 is 2.09 bits per heavy atom. The molecule has 6 N–H and O–H groups in total. The van der Waals surface area contributed by atoms with Gasteiger partial charge >= 0.3 is 7.82 Å². The molecule has 1 aliphatic rings. The lowest BCUT2D eigenvalue weighted by atomic mass is 10.1. The average Bonchev–Trinajstić information content (AvgIpc) is 3.01. The quantitative estimate of drug-likeness (QED) is 0.420. The van der Waals surface area contributed by atoms with Crippen LogP contribution in [0, 0.1) is 0 Å². The standard InChI is InChI=1S/C11H15N4O7P/c12-9-5-1-2-15(10(5)14-4-13-9)11-8(17)7(16)6(22-11)3-21-23(18,19)20/h1-2,4,6-8,11,16-17H,3H2,(H2,12,13,14)(H2,18,19,20)/t6-,7-,8+,11-/m1/s1. The van der Waals surface area contributed by atoms with Gasteiger partial charge in [-0.1, -0.05) is 0 Å². The molecular weight excluding hydrogens is 331 g/mol. The Labute approximate surface area is 129 Å². The number of nitrogen functional groups attached to an aromatic ring is 1. The summed E-state index contributed by atoms with van der Waals surface area (Å²) in [6, 6.07) is 1.63. The first-order valence-electron chi connectivity index (χ1n) is 6.56. The Bertz CT molecular complexity index is 762. The highest BCUT2D eigenvalue weighted by Crippen LogP contribution is 2.39. The van der Waals surface area contributed by atoms with E-state index in [1.54, 1.807) is 12.3 Å². The van der Waals surface area contributed by atoms with Gasteiger partial charge in [-0.2, -0.15) is 0 Å². The normalized spacial score (nSPS) is 28.5. The number of anilines is 1. The van der Waals surface area contributed by atoms with Crippen LogP contribution < -0.4 is 5.73 Å². The summed E-state index contributed by atoms with van der Waals surface area (Å²) in [7, 11) is -4.71. The Morgan fingerprint density at radius 1 is 1.35 bits per heavy atom. The molecule has 1 aliphatic heterocycles. The first-order chi connectivity index (χ1) is 10.8. The van der Waals surface area contributed by atoms with Gasteiger partial charge in [0.2, 0.25) is 0 Å². The van der Waals surface area contributed by atoms with Crippen molar-refractivity contribution >= 4 is 24.7 Å². The van der Waals surface area contributed by atoms with E-state index in [9.17, 15) is 14.8 Å². The predicted octanol–water partition coefficient (Wildman–Crippen LogP) is -1.26. The van der Waals surface area contributed by atoms with E-state index in [-0.39, 0.29) is 5.82 Å². The molecule has 0 spiro atoms. The molecule has 3 rings (SSSR count). The fraction of sp³-hybridized carbons (Fsp3) is 0.455. The third-order valence-corrected chi connectivity index (χ3v) is 4.04. The Morgan fingerprint density at radius 3 is 2.78 bits per heavy atom. The van der Waals surface area contributed by atoms with E-state index in [0.717, 1.165) is 0 Å². The van der Waals surface area contributed by atoms with Gasteiger partial charge in [0.15, 0.2) is 6.23 Å². The highest BCUT2D eigenvalue weighted by molar-refractivity contribution is 7.46. The number of nitrogens with zero attached hydrogens (tertiary/aromatic N) is 3. The Balaban J connectivity index is 1.85. The molecule has 11 nitrogen and oxygen atoms in total. The fourth-order valence-corrected chi connectivity index (χ4v) is 2.80. The van der Waals surface area contributed by atoms with Crippen molar-refractivity contribution in [1.82, 2.24) is 14.5 Å². The van der Waals surface area contributed by atoms with Crippen LogP contribution in [0.2, 0.25) is 0 Å². The second-order valence-electron chi connectivity index (χ2n) is 5.05. The van der Waals surface area contributed by atoms with E-state index in [1.165, 1.54) is 10.9 Å². The summed E-state index contributed by atoms with van der Waals surface area (Å²) in [6.07, 6.45) is -2.04. The number of aliphatic hydroxyl groups is 2. The van der Waals surface area contributed by atoms with Crippen LogP contribution in [0.15, 0.2) is 18.6 Å². The largest absolute Gasteiger partial charge is 0.469 e. The van der Waals surface area contributed by atoms with Gasteiger partial charge in [0.25, 0.3) is 0 Å². The van der Waals surface area contributed by atoms with Gasteiger partial charge in [0, 0.05) is 6.20 Å². The molecule has 2 aromatic rings. The van der Waals surface area contributed by atoms with Crippen LogP contribution in [0.1, 0.15) is 6.23 Å². The van der Waals surface area contributed by atoms with Gasteiger partial charge in [-0.15, -0.1) is 0 Å². The topological polar surface area (TPSA) is 173 Å².